The van der Waals surface area contributed by atoms with Crippen molar-refractivity contribution >= 4 is 6.03 Å². The minimum absolute atomic E-state index is 0.0158. The molecule has 2 rings (SSSR count). The number of hydrogen-bond acceptors (Lipinski definition) is 4. The van der Waals surface area contributed by atoms with Gasteiger partial charge in [0.25, 0.3) is 0 Å². The van der Waals surface area contributed by atoms with Crippen molar-refractivity contribution in [3.8, 4) is 0 Å². The zero-order valence-corrected chi connectivity index (χ0v) is 14.0. The molecule has 1 unspecified atom stereocenters. The maximum absolute atomic E-state index is 12.9. The van der Waals surface area contributed by atoms with Gasteiger partial charge in [-0.1, -0.05) is 31.1 Å². The second-order valence-corrected chi connectivity index (χ2v) is 6.19. The predicted molar refractivity (Wildman–Crippen MR) is 86.8 cm³/mol. The average Bonchev–Trinajstić information content (AvgIpc) is 3.01. The highest BCUT2D eigenvalue weighted by Crippen LogP contribution is 2.19. The number of benzene rings is 1. The Bertz CT molecular complexity index is 681. The lowest BCUT2D eigenvalue weighted by atomic mass is 9.96. The first-order valence-corrected chi connectivity index (χ1v) is 7.73. The summed E-state index contributed by atoms with van der Waals surface area (Å²) in [4.78, 5) is 11.8. The standard InChI is InChI=1S/C17H22FN3O3/c1-11(2)15-8-14(24-21-15)9-19-16(22)20-10-17(3,23)12-4-6-13(18)7-5-12/h4-8,11,23H,9-10H2,1-3H3,(H2,19,20,22). The monoisotopic (exact) mass is 335 g/mol. The molecule has 7 heteroatoms. The molecule has 1 aromatic carbocycles. The maximum Gasteiger partial charge on any atom is 0.315 e. The van der Waals surface area contributed by atoms with E-state index in [1.54, 1.807) is 13.0 Å². The summed E-state index contributed by atoms with van der Waals surface area (Å²) in [5.41, 5.74) is 0.0368. The van der Waals surface area contributed by atoms with Crippen LogP contribution in [0.15, 0.2) is 34.9 Å². The molecule has 2 aromatic rings. The number of hydrogen-bond donors (Lipinski definition) is 3. The summed E-state index contributed by atoms with van der Waals surface area (Å²) in [6.45, 7) is 5.73. The lowest BCUT2D eigenvalue weighted by molar-refractivity contribution is 0.0593. The fraction of sp³-hybridized carbons (Fsp3) is 0.412. The third-order valence-electron chi connectivity index (χ3n) is 3.65. The molecule has 0 aliphatic heterocycles. The van der Waals surface area contributed by atoms with Crippen LogP contribution in [0.25, 0.3) is 0 Å². The molecule has 0 spiro atoms. The van der Waals surface area contributed by atoms with Crippen LogP contribution < -0.4 is 10.6 Å². The topological polar surface area (TPSA) is 87.4 Å². The van der Waals surface area contributed by atoms with Gasteiger partial charge in [0.2, 0.25) is 0 Å². The summed E-state index contributed by atoms with van der Waals surface area (Å²) in [5.74, 6) is 0.425. The molecule has 1 aromatic heterocycles. The van der Waals surface area contributed by atoms with E-state index in [1.165, 1.54) is 24.3 Å². The molecule has 130 valence electrons. The first-order valence-electron chi connectivity index (χ1n) is 7.73. The molecule has 1 atom stereocenters. The van der Waals surface area contributed by atoms with Gasteiger partial charge in [-0.15, -0.1) is 0 Å². The quantitative estimate of drug-likeness (QED) is 0.757. The molecule has 0 radical (unpaired) electrons. The lowest BCUT2D eigenvalue weighted by Crippen LogP contribution is -2.43. The Morgan fingerprint density at radius 2 is 2.00 bits per heavy atom. The van der Waals surface area contributed by atoms with Crippen molar-refractivity contribution in [3.63, 3.8) is 0 Å². The summed E-state index contributed by atoms with van der Waals surface area (Å²) in [7, 11) is 0. The number of carbonyl (C=O) groups is 1. The summed E-state index contributed by atoms with van der Waals surface area (Å²) in [6, 6.07) is 6.84. The first kappa shape index (κ1) is 17.9. The Hall–Kier alpha value is -2.41. The van der Waals surface area contributed by atoms with Gasteiger partial charge in [-0.3, -0.25) is 0 Å². The lowest BCUT2D eigenvalue weighted by Gasteiger charge is -2.24. The number of carbonyl (C=O) groups excluding carboxylic acids is 1. The number of aliphatic hydroxyl groups is 1. The van der Waals surface area contributed by atoms with E-state index < -0.39 is 11.6 Å². The highest BCUT2D eigenvalue weighted by Gasteiger charge is 2.23. The molecule has 0 aliphatic carbocycles. The van der Waals surface area contributed by atoms with Gasteiger partial charge in [-0.25, -0.2) is 9.18 Å². The largest absolute Gasteiger partial charge is 0.384 e. The number of halogens is 1. The van der Waals surface area contributed by atoms with Crippen LogP contribution in [0.1, 0.15) is 43.7 Å². The van der Waals surface area contributed by atoms with Gasteiger partial charge >= 0.3 is 6.03 Å². The fourth-order valence-corrected chi connectivity index (χ4v) is 2.08. The third kappa shape index (κ3) is 4.79. The fourth-order valence-electron chi connectivity index (χ4n) is 2.08. The molecule has 0 fully saturated rings. The number of amides is 2. The molecule has 0 saturated carbocycles. The summed E-state index contributed by atoms with van der Waals surface area (Å²) in [6.07, 6.45) is 0. The van der Waals surface area contributed by atoms with Crippen LogP contribution in [0.3, 0.4) is 0 Å². The zero-order valence-electron chi connectivity index (χ0n) is 14.0. The minimum Gasteiger partial charge on any atom is -0.384 e. The molecular weight excluding hydrogens is 313 g/mol. The van der Waals surface area contributed by atoms with E-state index in [0.29, 0.717) is 11.3 Å². The second kappa shape index (κ2) is 7.44. The molecule has 0 aliphatic rings. The van der Waals surface area contributed by atoms with E-state index in [4.69, 9.17) is 4.52 Å². The van der Waals surface area contributed by atoms with Crippen molar-refractivity contribution in [3.05, 3.63) is 53.2 Å². The highest BCUT2D eigenvalue weighted by atomic mass is 19.1. The Morgan fingerprint density at radius 3 is 2.58 bits per heavy atom. The van der Waals surface area contributed by atoms with Crippen LogP contribution in [0.4, 0.5) is 9.18 Å². The minimum atomic E-state index is -1.30. The van der Waals surface area contributed by atoms with Crippen molar-refractivity contribution in [1.29, 1.82) is 0 Å². The predicted octanol–water partition coefficient (Wildman–Crippen LogP) is 2.64. The first-order chi connectivity index (χ1) is 11.3. The van der Waals surface area contributed by atoms with Crippen LogP contribution in [0.2, 0.25) is 0 Å². The molecule has 24 heavy (non-hydrogen) atoms. The smallest absolute Gasteiger partial charge is 0.315 e. The van der Waals surface area contributed by atoms with Gasteiger partial charge < -0.3 is 20.3 Å². The zero-order chi connectivity index (χ0) is 17.7. The Balaban J connectivity index is 1.82. The van der Waals surface area contributed by atoms with Crippen molar-refractivity contribution < 1.29 is 18.8 Å². The van der Waals surface area contributed by atoms with E-state index in [0.717, 1.165) is 5.69 Å². The SMILES string of the molecule is CC(C)c1cc(CNC(=O)NCC(C)(O)c2ccc(F)cc2)on1. The molecule has 2 amide bonds. The van der Waals surface area contributed by atoms with Crippen LogP contribution >= 0.6 is 0 Å². The van der Waals surface area contributed by atoms with E-state index in [2.05, 4.69) is 15.8 Å². The van der Waals surface area contributed by atoms with Crippen LogP contribution in [0, 0.1) is 5.82 Å². The molecule has 0 saturated heterocycles. The van der Waals surface area contributed by atoms with Gasteiger partial charge in [-0.2, -0.15) is 0 Å². The van der Waals surface area contributed by atoms with Gasteiger partial charge in [0.1, 0.15) is 11.4 Å². The number of aromatic nitrogens is 1. The van der Waals surface area contributed by atoms with Crippen LogP contribution in [-0.2, 0) is 12.1 Å². The normalized spacial score (nSPS) is 13.6. The maximum atomic E-state index is 12.9. The van der Waals surface area contributed by atoms with Crippen molar-refractivity contribution in [2.24, 2.45) is 0 Å². The number of nitrogens with zero attached hydrogens (tertiary/aromatic N) is 1. The van der Waals surface area contributed by atoms with E-state index in [9.17, 15) is 14.3 Å². The van der Waals surface area contributed by atoms with Crippen LogP contribution in [-0.4, -0.2) is 22.8 Å². The average molecular weight is 335 g/mol. The Kier molecular flexibility index (Phi) is 5.56. The highest BCUT2D eigenvalue weighted by molar-refractivity contribution is 5.73. The van der Waals surface area contributed by atoms with Crippen LogP contribution in [0.5, 0.6) is 0 Å². The van der Waals surface area contributed by atoms with E-state index >= 15 is 0 Å². The van der Waals surface area contributed by atoms with Gasteiger partial charge in [0.15, 0.2) is 5.76 Å². The van der Waals surface area contributed by atoms with Crippen molar-refractivity contribution in [1.82, 2.24) is 15.8 Å². The van der Waals surface area contributed by atoms with E-state index in [-0.39, 0.29) is 24.8 Å². The second-order valence-electron chi connectivity index (χ2n) is 6.19. The Morgan fingerprint density at radius 1 is 1.33 bits per heavy atom. The van der Waals surface area contributed by atoms with Crippen molar-refractivity contribution in [2.45, 2.75) is 38.8 Å². The summed E-state index contributed by atoms with van der Waals surface area (Å²) >= 11 is 0. The van der Waals surface area contributed by atoms with E-state index in [1.807, 2.05) is 13.8 Å². The molecular formula is C17H22FN3O3. The number of rotatable bonds is 6. The summed E-state index contributed by atoms with van der Waals surface area (Å²) < 4.78 is 18.1. The molecule has 3 N–H and O–H groups in total. The number of nitrogens with one attached hydrogen (secondary N) is 2. The summed E-state index contributed by atoms with van der Waals surface area (Å²) in [5, 5.41) is 19.5. The van der Waals surface area contributed by atoms with Gasteiger partial charge in [0.05, 0.1) is 18.8 Å². The molecule has 1 heterocycles. The Labute approximate surface area is 140 Å². The van der Waals surface area contributed by atoms with Crippen molar-refractivity contribution in [2.75, 3.05) is 6.54 Å². The third-order valence-corrected chi connectivity index (χ3v) is 3.65. The molecule has 0 bridgehead atoms. The van der Waals surface area contributed by atoms with Gasteiger partial charge in [0, 0.05) is 6.07 Å². The number of urea groups is 1. The van der Waals surface area contributed by atoms with Gasteiger partial charge in [-0.05, 0) is 30.5 Å². The molecule has 6 nitrogen and oxygen atoms in total.